The van der Waals surface area contributed by atoms with E-state index in [1.807, 2.05) is 49.3 Å². The van der Waals surface area contributed by atoms with Gasteiger partial charge in [-0.1, -0.05) is 24.6 Å². The molecule has 1 heterocycles. The molecule has 1 fully saturated rings. The van der Waals surface area contributed by atoms with Crippen molar-refractivity contribution in [2.75, 3.05) is 40.3 Å². The third-order valence-corrected chi connectivity index (χ3v) is 3.77. The van der Waals surface area contributed by atoms with Crippen LogP contribution in [0, 0.1) is 0 Å². The van der Waals surface area contributed by atoms with Crippen molar-refractivity contribution in [2.24, 2.45) is 4.99 Å². The number of hydrogen-bond acceptors (Lipinski definition) is 4. The summed E-state index contributed by atoms with van der Waals surface area (Å²) in [5.41, 5.74) is 3.68. The van der Waals surface area contributed by atoms with Crippen LogP contribution >= 0.6 is 12.4 Å². The van der Waals surface area contributed by atoms with Gasteiger partial charge < -0.3 is 14.9 Å². The topological polar surface area (TPSA) is 60.3 Å². The Bertz CT molecular complexity index is 479. The summed E-state index contributed by atoms with van der Waals surface area (Å²) in [6.45, 7) is 3.04. The summed E-state index contributed by atoms with van der Waals surface area (Å²) in [5.74, 6) is 0.598. The fourth-order valence-electron chi connectivity index (χ4n) is 2.53. The zero-order valence-electron chi connectivity index (χ0n) is 14.5. The van der Waals surface area contributed by atoms with Gasteiger partial charge in [0.05, 0.1) is 11.8 Å². The number of guanidine groups is 1. The molecule has 0 aliphatic carbocycles. The molecule has 2 rings (SSSR count). The van der Waals surface area contributed by atoms with E-state index in [1.54, 1.807) is 0 Å². The van der Waals surface area contributed by atoms with E-state index < -0.39 is 6.10 Å². The van der Waals surface area contributed by atoms with E-state index in [2.05, 4.69) is 15.4 Å². The average molecular weight is 357 g/mol. The van der Waals surface area contributed by atoms with Gasteiger partial charge in [0.25, 0.3) is 0 Å². The number of hydrogen-bond donors (Lipinski definition) is 2. The number of benzene rings is 1. The van der Waals surface area contributed by atoms with Crippen LogP contribution in [0.4, 0.5) is 5.69 Å². The lowest BCUT2D eigenvalue weighted by atomic mass is 10.1. The normalized spacial score (nSPS) is 17.0. The second-order valence-corrected chi connectivity index (χ2v) is 6.09. The Hall–Kier alpha value is -1.34. The number of nitrogens with zero attached hydrogens (tertiary/aromatic N) is 3. The smallest absolute Gasteiger partial charge is 0.223 e. The number of aliphatic hydroxyl groups is 1. The average Bonchev–Trinajstić information content (AvgIpc) is 2.55. The van der Waals surface area contributed by atoms with Crippen molar-refractivity contribution in [1.29, 1.82) is 0 Å². The van der Waals surface area contributed by atoms with Crippen LogP contribution in [-0.4, -0.2) is 67.3 Å². The van der Waals surface area contributed by atoms with Crippen LogP contribution in [0.2, 0.25) is 0 Å². The summed E-state index contributed by atoms with van der Waals surface area (Å²) >= 11 is 0. The van der Waals surface area contributed by atoms with Crippen LogP contribution in [0.25, 0.3) is 0 Å². The number of likely N-dealkylation sites (tertiary alicyclic amines) is 1. The first-order valence-corrected chi connectivity index (χ1v) is 8.24. The summed E-state index contributed by atoms with van der Waals surface area (Å²) in [5, 5.41) is 10.1. The Morgan fingerprint density at radius 2 is 1.92 bits per heavy atom. The first kappa shape index (κ1) is 20.7. The maximum absolute atomic E-state index is 10.1. The van der Waals surface area contributed by atoms with Gasteiger partial charge in [-0.25, -0.2) is 10.5 Å². The summed E-state index contributed by atoms with van der Waals surface area (Å²) in [6.07, 6.45) is 3.24. The number of piperidine rings is 1. The van der Waals surface area contributed by atoms with Crippen molar-refractivity contribution in [3.8, 4) is 0 Å². The summed E-state index contributed by atoms with van der Waals surface area (Å²) in [7, 11) is 3.78. The standard InChI is InChI=1S/C17H28N4O2.ClH/c1-20(2)17(18-15-9-5-3-6-10-15)19-23-14-16(22)13-21-11-7-4-8-12-21;/h3,5-6,9-10,16,22H,4,7-8,11-14H2,1-2H3,(H,18,19);1H. The van der Waals surface area contributed by atoms with Crippen LogP contribution in [0.3, 0.4) is 0 Å². The largest absolute Gasteiger partial charge is 0.389 e. The van der Waals surface area contributed by atoms with Gasteiger partial charge in [0, 0.05) is 20.6 Å². The van der Waals surface area contributed by atoms with E-state index in [4.69, 9.17) is 4.84 Å². The number of β-amino-alcohol motifs (C(OH)–C–C–N with tert-alkyl or cyclic N) is 1. The highest BCUT2D eigenvalue weighted by Crippen LogP contribution is 2.10. The molecule has 1 aromatic rings. The highest BCUT2D eigenvalue weighted by molar-refractivity contribution is 5.85. The lowest BCUT2D eigenvalue weighted by molar-refractivity contribution is -0.0122. The minimum Gasteiger partial charge on any atom is -0.389 e. The molecule has 1 atom stereocenters. The van der Waals surface area contributed by atoms with E-state index in [-0.39, 0.29) is 19.0 Å². The Kier molecular flexibility index (Phi) is 9.71. The van der Waals surface area contributed by atoms with Gasteiger partial charge in [-0.2, -0.15) is 0 Å². The lowest BCUT2D eigenvalue weighted by Gasteiger charge is -2.28. The molecule has 1 aliphatic rings. The maximum atomic E-state index is 10.1. The predicted octanol–water partition coefficient (Wildman–Crippen LogP) is 2.03. The molecule has 2 N–H and O–H groups in total. The minimum atomic E-state index is -0.499. The first-order chi connectivity index (χ1) is 11.1. The highest BCUT2D eigenvalue weighted by atomic mass is 35.5. The molecule has 1 aliphatic heterocycles. The molecule has 136 valence electrons. The maximum Gasteiger partial charge on any atom is 0.223 e. The van der Waals surface area contributed by atoms with Gasteiger partial charge in [0.1, 0.15) is 6.61 Å². The molecule has 0 spiro atoms. The van der Waals surface area contributed by atoms with E-state index in [0.29, 0.717) is 12.5 Å². The van der Waals surface area contributed by atoms with Crippen molar-refractivity contribution in [2.45, 2.75) is 25.4 Å². The number of rotatable bonds is 6. The molecule has 1 aromatic carbocycles. The van der Waals surface area contributed by atoms with Crippen LogP contribution in [-0.2, 0) is 4.84 Å². The fraction of sp³-hybridized carbons (Fsp3) is 0.588. The summed E-state index contributed by atoms with van der Waals surface area (Å²) in [6, 6.07) is 9.69. The lowest BCUT2D eigenvalue weighted by Crippen LogP contribution is -2.41. The minimum absolute atomic E-state index is 0. The van der Waals surface area contributed by atoms with Gasteiger partial charge in [-0.05, 0) is 38.1 Å². The monoisotopic (exact) mass is 356 g/mol. The van der Waals surface area contributed by atoms with Crippen LogP contribution < -0.4 is 5.48 Å². The Morgan fingerprint density at radius 1 is 1.25 bits per heavy atom. The van der Waals surface area contributed by atoms with Gasteiger partial charge in [0.15, 0.2) is 0 Å². The molecule has 0 amide bonds. The molecule has 7 heteroatoms. The zero-order chi connectivity index (χ0) is 16.5. The van der Waals surface area contributed by atoms with Crippen molar-refractivity contribution in [3.05, 3.63) is 30.3 Å². The number of aliphatic hydroxyl groups excluding tert-OH is 1. The van der Waals surface area contributed by atoms with E-state index in [0.717, 1.165) is 18.8 Å². The summed E-state index contributed by atoms with van der Waals surface area (Å²) in [4.78, 5) is 14.0. The second-order valence-electron chi connectivity index (χ2n) is 6.09. The molecule has 0 bridgehead atoms. The first-order valence-electron chi connectivity index (χ1n) is 8.24. The number of nitrogens with one attached hydrogen (secondary N) is 1. The molecule has 1 saturated heterocycles. The third-order valence-electron chi connectivity index (χ3n) is 3.77. The Labute approximate surface area is 150 Å². The number of para-hydroxylation sites is 1. The molecule has 0 aromatic heterocycles. The van der Waals surface area contributed by atoms with Gasteiger partial charge in [0.2, 0.25) is 5.96 Å². The Balaban J connectivity index is 0.00000288. The molecular formula is C17H29ClN4O2. The number of halogens is 1. The van der Waals surface area contributed by atoms with Crippen LogP contribution in [0.5, 0.6) is 0 Å². The van der Waals surface area contributed by atoms with Gasteiger partial charge >= 0.3 is 0 Å². The van der Waals surface area contributed by atoms with Crippen LogP contribution in [0.1, 0.15) is 19.3 Å². The zero-order valence-corrected chi connectivity index (χ0v) is 15.3. The third kappa shape index (κ3) is 7.49. The van der Waals surface area contributed by atoms with E-state index in [9.17, 15) is 5.11 Å². The Morgan fingerprint density at radius 3 is 2.54 bits per heavy atom. The van der Waals surface area contributed by atoms with Crippen molar-refractivity contribution < 1.29 is 9.94 Å². The fourth-order valence-corrected chi connectivity index (χ4v) is 2.53. The number of aliphatic imine (C=N–C) groups is 1. The SMILES string of the molecule is CN(C)C(=Nc1ccccc1)NOCC(O)CN1CCCCC1.Cl. The molecule has 0 saturated carbocycles. The molecule has 6 nitrogen and oxygen atoms in total. The van der Waals surface area contributed by atoms with E-state index >= 15 is 0 Å². The van der Waals surface area contributed by atoms with Crippen molar-refractivity contribution in [3.63, 3.8) is 0 Å². The highest BCUT2D eigenvalue weighted by Gasteiger charge is 2.15. The van der Waals surface area contributed by atoms with Crippen molar-refractivity contribution >= 4 is 24.1 Å². The quantitative estimate of drug-likeness (QED) is 0.464. The molecule has 1 unspecified atom stereocenters. The van der Waals surface area contributed by atoms with Crippen molar-refractivity contribution in [1.82, 2.24) is 15.3 Å². The number of hydroxylamine groups is 1. The van der Waals surface area contributed by atoms with Gasteiger partial charge in [-0.3, -0.25) is 4.84 Å². The molecular weight excluding hydrogens is 328 g/mol. The van der Waals surface area contributed by atoms with E-state index in [1.165, 1.54) is 19.3 Å². The molecule has 24 heavy (non-hydrogen) atoms. The molecule has 0 radical (unpaired) electrons. The van der Waals surface area contributed by atoms with Crippen LogP contribution in [0.15, 0.2) is 35.3 Å². The summed E-state index contributed by atoms with van der Waals surface area (Å²) < 4.78 is 0. The predicted molar refractivity (Wildman–Crippen MR) is 99.9 cm³/mol. The van der Waals surface area contributed by atoms with Gasteiger partial charge in [-0.15, -0.1) is 12.4 Å². The second kappa shape index (κ2) is 11.3.